The van der Waals surface area contributed by atoms with Crippen LogP contribution in [-0.2, 0) is 11.3 Å². The Hall–Kier alpha value is -1.42. The smallest absolute Gasteiger partial charge is 0.339 e. The van der Waals surface area contributed by atoms with Gasteiger partial charge in [0.15, 0.2) is 0 Å². The van der Waals surface area contributed by atoms with Crippen molar-refractivity contribution in [2.45, 2.75) is 6.54 Å². The van der Waals surface area contributed by atoms with Crippen LogP contribution in [-0.4, -0.2) is 13.1 Å². The second-order valence-electron chi connectivity index (χ2n) is 4.24. The molecule has 21 heavy (non-hydrogen) atoms. The van der Waals surface area contributed by atoms with Crippen molar-refractivity contribution in [2.75, 3.05) is 12.4 Å². The molecule has 0 unspecified atom stereocenters. The van der Waals surface area contributed by atoms with Crippen LogP contribution in [0, 0.1) is 0 Å². The van der Waals surface area contributed by atoms with E-state index in [1.807, 2.05) is 0 Å². The zero-order chi connectivity index (χ0) is 15.4. The number of hydrogen-bond acceptors (Lipinski definition) is 3. The van der Waals surface area contributed by atoms with Gasteiger partial charge in [0.1, 0.15) is 0 Å². The highest BCUT2D eigenvalue weighted by Crippen LogP contribution is 2.27. The summed E-state index contributed by atoms with van der Waals surface area (Å²) in [6, 6.07) is 10.2. The van der Waals surface area contributed by atoms with E-state index in [0.717, 1.165) is 5.56 Å². The maximum atomic E-state index is 11.7. The first kappa shape index (κ1) is 16.0. The van der Waals surface area contributed by atoms with Gasteiger partial charge in [-0.15, -0.1) is 0 Å². The van der Waals surface area contributed by atoms with Crippen molar-refractivity contribution in [3.63, 3.8) is 0 Å². The Labute approximate surface area is 137 Å². The van der Waals surface area contributed by atoms with Gasteiger partial charge in [-0.05, 0) is 30.3 Å². The number of hydrogen-bond donors (Lipinski definition) is 1. The second-order valence-corrected chi connectivity index (χ2v) is 5.49. The predicted octanol–water partition coefficient (Wildman–Crippen LogP) is 5.05. The maximum absolute atomic E-state index is 11.7. The number of carbonyl (C=O) groups excluding carboxylic acids is 1. The molecule has 0 fully saturated rings. The van der Waals surface area contributed by atoms with Crippen LogP contribution in [0.1, 0.15) is 15.9 Å². The molecule has 0 saturated carbocycles. The van der Waals surface area contributed by atoms with Gasteiger partial charge in [-0.1, -0.05) is 40.9 Å². The summed E-state index contributed by atoms with van der Waals surface area (Å²) < 4.78 is 4.74. The molecule has 6 heteroatoms. The Bertz CT molecular complexity index is 654. The van der Waals surface area contributed by atoms with Crippen LogP contribution in [0.5, 0.6) is 0 Å². The molecule has 0 aliphatic carbocycles. The number of nitrogens with one attached hydrogen (secondary N) is 1. The number of carbonyl (C=O) groups is 1. The summed E-state index contributed by atoms with van der Waals surface area (Å²) in [5.74, 6) is -0.445. The highest BCUT2D eigenvalue weighted by Gasteiger charge is 2.13. The molecule has 0 spiro atoms. The Morgan fingerprint density at radius 3 is 2.43 bits per heavy atom. The van der Waals surface area contributed by atoms with Gasteiger partial charge in [0.2, 0.25) is 0 Å². The van der Waals surface area contributed by atoms with Crippen molar-refractivity contribution in [3.8, 4) is 0 Å². The number of halogens is 3. The van der Waals surface area contributed by atoms with E-state index in [1.165, 1.54) is 7.11 Å². The fraction of sp³-hybridized carbons (Fsp3) is 0.133. The SMILES string of the molecule is COC(=O)c1ccc(Cl)cc1NCc1c(Cl)cccc1Cl. The summed E-state index contributed by atoms with van der Waals surface area (Å²) in [6.07, 6.45) is 0. The lowest BCUT2D eigenvalue weighted by molar-refractivity contribution is 0.0602. The summed E-state index contributed by atoms with van der Waals surface area (Å²) in [5.41, 5.74) is 1.70. The molecule has 0 amide bonds. The van der Waals surface area contributed by atoms with Crippen LogP contribution in [0.2, 0.25) is 15.1 Å². The van der Waals surface area contributed by atoms with Crippen LogP contribution in [0.25, 0.3) is 0 Å². The van der Waals surface area contributed by atoms with Crippen LogP contribution in [0.4, 0.5) is 5.69 Å². The lowest BCUT2D eigenvalue weighted by Crippen LogP contribution is -2.08. The van der Waals surface area contributed by atoms with E-state index in [2.05, 4.69) is 5.32 Å². The number of esters is 1. The monoisotopic (exact) mass is 343 g/mol. The molecule has 110 valence electrons. The van der Waals surface area contributed by atoms with Crippen molar-refractivity contribution in [1.82, 2.24) is 0 Å². The molecule has 0 saturated heterocycles. The minimum absolute atomic E-state index is 0.364. The first-order chi connectivity index (χ1) is 10.0. The van der Waals surface area contributed by atoms with Gasteiger partial charge in [-0.3, -0.25) is 0 Å². The Morgan fingerprint density at radius 1 is 1.14 bits per heavy atom. The molecule has 0 radical (unpaired) electrons. The standard InChI is InChI=1S/C15H12Cl3NO2/c1-21-15(20)10-6-5-9(16)7-14(10)19-8-11-12(17)3-2-4-13(11)18/h2-7,19H,8H2,1H3. The number of benzene rings is 2. The van der Waals surface area contributed by atoms with Gasteiger partial charge in [-0.25, -0.2) is 4.79 Å². The van der Waals surface area contributed by atoms with Crippen LogP contribution in [0.15, 0.2) is 36.4 Å². The summed E-state index contributed by atoms with van der Waals surface area (Å²) in [5, 5.41) is 4.73. The minimum Gasteiger partial charge on any atom is -0.465 e. The molecule has 0 heterocycles. The molecule has 0 aliphatic heterocycles. The average Bonchev–Trinajstić information content (AvgIpc) is 2.46. The molecule has 2 aromatic rings. The summed E-state index contributed by atoms with van der Waals surface area (Å²) in [7, 11) is 1.33. The Morgan fingerprint density at radius 2 is 1.81 bits per heavy atom. The Balaban J connectivity index is 2.27. The van der Waals surface area contributed by atoms with Crippen molar-refractivity contribution in [2.24, 2.45) is 0 Å². The van der Waals surface area contributed by atoms with Crippen molar-refractivity contribution in [1.29, 1.82) is 0 Å². The third-order valence-electron chi connectivity index (χ3n) is 2.90. The van der Waals surface area contributed by atoms with E-state index in [4.69, 9.17) is 39.5 Å². The third-order valence-corrected chi connectivity index (χ3v) is 3.85. The topological polar surface area (TPSA) is 38.3 Å². The van der Waals surface area contributed by atoms with Gasteiger partial charge < -0.3 is 10.1 Å². The molecular weight excluding hydrogens is 333 g/mol. The van der Waals surface area contributed by atoms with Crippen molar-refractivity contribution in [3.05, 3.63) is 62.6 Å². The molecule has 0 bridgehead atoms. The number of anilines is 1. The second kappa shape index (κ2) is 7.03. The number of rotatable bonds is 4. The van der Waals surface area contributed by atoms with Crippen molar-refractivity contribution >= 4 is 46.5 Å². The summed E-state index contributed by atoms with van der Waals surface area (Å²) in [4.78, 5) is 11.7. The minimum atomic E-state index is -0.445. The lowest BCUT2D eigenvalue weighted by atomic mass is 10.1. The van der Waals surface area contributed by atoms with E-state index >= 15 is 0 Å². The lowest BCUT2D eigenvalue weighted by Gasteiger charge is -2.13. The first-order valence-electron chi connectivity index (χ1n) is 6.07. The highest BCUT2D eigenvalue weighted by molar-refractivity contribution is 6.36. The predicted molar refractivity (Wildman–Crippen MR) is 86.6 cm³/mol. The quantitative estimate of drug-likeness (QED) is 0.789. The van der Waals surface area contributed by atoms with Gasteiger partial charge in [-0.2, -0.15) is 0 Å². The van der Waals surface area contributed by atoms with E-state index < -0.39 is 5.97 Å². The van der Waals surface area contributed by atoms with Crippen LogP contribution in [0.3, 0.4) is 0 Å². The molecular formula is C15H12Cl3NO2. The fourth-order valence-electron chi connectivity index (χ4n) is 1.84. The van der Waals surface area contributed by atoms with E-state index in [9.17, 15) is 4.79 Å². The highest BCUT2D eigenvalue weighted by atomic mass is 35.5. The zero-order valence-corrected chi connectivity index (χ0v) is 13.4. The van der Waals surface area contributed by atoms with Gasteiger partial charge in [0.05, 0.1) is 18.4 Å². The van der Waals surface area contributed by atoms with E-state index in [1.54, 1.807) is 36.4 Å². The number of ether oxygens (including phenoxy) is 1. The molecule has 3 nitrogen and oxygen atoms in total. The fourth-order valence-corrected chi connectivity index (χ4v) is 2.54. The average molecular weight is 345 g/mol. The van der Waals surface area contributed by atoms with E-state index in [0.29, 0.717) is 32.9 Å². The van der Waals surface area contributed by atoms with Crippen LogP contribution < -0.4 is 5.32 Å². The van der Waals surface area contributed by atoms with E-state index in [-0.39, 0.29) is 0 Å². The normalized spacial score (nSPS) is 10.3. The maximum Gasteiger partial charge on any atom is 0.339 e. The van der Waals surface area contributed by atoms with Crippen molar-refractivity contribution < 1.29 is 9.53 Å². The molecule has 0 aromatic heterocycles. The number of methoxy groups -OCH3 is 1. The zero-order valence-electron chi connectivity index (χ0n) is 11.1. The van der Waals surface area contributed by atoms with Crippen LogP contribution >= 0.6 is 34.8 Å². The summed E-state index contributed by atoms with van der Waals surface area (Å²) in [6.45, 7) is 0.364. The molecule has 0 atom stereocenters. The Kier molecular flexibility index (Phi) is 5.34. The molecule has 2 aromatic carbocycles. The first-order valence-corrected chi connectivity index (χ1v) is 7.21. The van der Waals surface area contributed by atoms with Gasteiger partial charge in [0, 0.05) is 27.2 Å². The van der Waals surface area contributed by atoms with Gasteiger partial charge in [0.25, 0.3) is 0 Å². The molecule has 2 rings (SSSR count). The largest absolute Gasteiger partial charge is 0.465 e. The summed E-state index contributed by atoms with van der Waals surface area (Å²) >= 11 is 18.2. The third kappa shape index (κ3) is 3.82. The molecule has 1 N–H and O–H groups in total. The molecule has 0 aliphatic rings. The van der Waals surface area contributed by atoms with Gasteiger partial charge >= 0.3 is 5.97 Å².